The van der Waals surface area contributed by atoms with Crippen molar-refractivity contribution in [2.24, 2.45) is 0 Å². The zero-order chi connectivity index (χ0) is 17.7. The lowest BCUT2D eigenvalue weighted by Crippen LogP contribution is -2.38. The first-order valence-electron chi connectivity index (χ1n) is 8.09. The van der Waals surface area contributed by atoms with Crippen LogP contribution in [0, 0.1) is 13.8 Å². The average Bonchev–Trinajstić information content (AvgIpc) is 2.57. The van der Waals surface area contributed by atoms with Gasteiger partial charge in [-0.3, -0.25) is 4.79 Å². The van der Waals surface area contributed by atoms with E-state index in [2.05, 4.69) is 30.4 Å². The highest BCUT2D eigenvalue weighted by Crippen LogP contribution is 2.20. The molecule has 0 saturated carbocycles. The number of hydrogen-bond donors (Lipinski definition) is 1. The number of amides is 1. The molecule has 0 unspecified atom stereocenters. The molecule has 0 spiro atoms. The maximum atomic E-state index is 12.4. The van der Waals surface area contributed by atoms with Crippen LogP contribution in [0.4, 0.5) is 0 Å². The molecule has 2 atom stereocenters. The molecule has 1 amide bonds. The van der Waals surface area contributed by atoms with Gasteiger partial charge < -0.3 is 14.8 Å². The monoisotopic (exact) mass is 327 g/mol. The fraction of sp³-hybridized carbons (Fsp3) is 0.350. The van der Waals surface area contributed by atoms with E-state index in [9.17, 15) is 4.79 Å². The number of nitrogens with one attached hydrogen (secondary N) is 1. The van der Waals surface area contributed by atoms with E-state index in [1.807, 2.05) is 13.8 Å². The van der Waals surface area contributed by atoms with Crippen molar-refractivity contribution in [2.75, 3.05) is 7.11 Å². The molecule has 0 aromatic heterocycles. The molecule has 0 bridgehead atoms. The second-order valence-electron chi connectivity index (χ2n) is 6.03. The van der Waals surface area contributed by atoms with Crippen molar-refractivity contribution in [1.29, 1.82) is 0 Å². The first kappa shape index (κ1) is 17.9. The number of carbonyl (C=O) groups excluding carboxylic acids is 1. The zero-order valence-electron chi connectivity index (χ0n) is 14.9. The minimum atomic E-state index is -0.578. The molecule has 0 saturated heterocycles. The van der Waals surface area contributed by atoms with Gasteiger partial charge in [-0.25, -0.2) is 0 Å². The van der Waals surface area contributed by atoms with Crippen LogP contribution < -0.4 is 14.8 Å². The molecule has 2 aromatic rings. The van der Waals surface area contributed by atoms with Crippen LogP contribution in [0.5, 0.6) is 11.5 Å². The van der Waals surface area contributed by atoms with E-state index in [1.54, 1.807) is 38.3 Å². The summed E-state index contributed by atoms with van der Waals surface area (Å²) in [4.78, 5) is 12.4. The van der Waals surface area contributed by atoms with E-state index >= 15 is 0 Å². The first-order valence-corrected chi connectivity index (χ1v) is 8.09. The van der Waals surface area contributed by atoms with Crippen molar-refractivity contribution in [3.05, 3.63) is 59.2 Å². The topological polar surface area (TPSA) is 47.6 Å². The molecule has 2 rings (SSSR count). The lowest BCUT2D eigenvalue weighted by atomic mass is 10.00. The van der Waals surface area contributed by atoms with Gasteiger partial charge in [0.25, 0.3) is 5.91 Å². The minimum absolute atomic E-state index is 0.0701. The highest BCUT2D eigenvalue weighted by atomic mass is 16.5. The molecule has 4 nitrogen and oxygen atoms in total. The third-order valence-electron chi connectivity index (χ3n) is 4.00. The second kappa shape index (κ2) is 7.86. The van der Waals surface area contributed by atoms with Crippen molar-refractivity contribution in [2.45, 2.75) is 39.8 Å². The first-order chi connectivity index (χ1) is 11.4. The molecule has 128 valence electrons. The van der Waals surface area contributed by atoms with E-state index in [-0.39, 0.29) is 11.9 Å². The van der Waals surface area contributed by atoms with Crippen LogP contribution in [0.15, 0.2) is 42.5 Å². The van der Waals surface area contributed by atoms with Crippen molar-refractivity contribution >= 4 is 5.91 Å². The zero-order valence-corrected chi connectivity index (χ0v) is 14.9. The van der Waals surface area contributed by atoms with Crippen LogP contribution in [0.25, 0.3) is 0 Å². The van der Waals surface area contributed by atoms with Gasteiger partial charge in [0, 0.05) is 0 Å². The summed E-state index contributed by atoms with van der Waals surface area (Å²) in [7, 11) is 1.61. The minimum Gasteiger partial charge on any atom is -0.497 e. The highest BCUT2D eigenvalue weighted by molar-refractivity contribution is 5.81. The molecule has 0 fully saturated rings. The predicted octanol–water partition coefficient (Wildman–Crippen LogP) is 3.96. The molecule has 1 N–H and O–H groups in total. The van der Waals surface area contributed by atoms with Crippen LogP contribution in [-0.4, -0.2) is 19.1 Å². The van der Waals surface area contributed by atoms with E-state index in [1.165, 1.54) is 5.56 Å². The Kier molecular flexibility index (Phi) is 5.85. The smallest absolute Gasteiger partial charge is 0.261 e. The predicted molar refractivity (Wildman–Crippen MR) is 95.6 cm³/mol. The normalized spacial score (nSPS) is 13.0. The summed E-state index contributed by atoms with van der Waals surface area (Å²) < 4.78 is 10.8. The number of benzene rings is 2. The molecule has 0 aliphatic rings. The van der Waals surface area contributed by atoms with Crippen LogP contribution in [0.2, 0.25) is 0 Å². The second-order valence-corrected chi connectivity index (χ2v) is 6.03. The number of aryl methyl sites for hydroxylation is 2. The quantitative estimate of drug-likeness (QED) is 0.874. The van der Waals surface area contributed by atoms with Crippen LogP contribution in [0.1, 0.15) is 36.6 Å². The van der Waals surface area contributed by atoms with Crippen molar-refractivity contribution in [3.8, 4) is 11.5 Å². The SMILES string of the molecule is COc1ccc(O[C@@H](C)C(=O)N[C@@H](C)c2cc(C)ccc2C)cc1. The fourth-order valence-corrected chi connectivity index (χ4v) is 2.55. The van der Waals surface area contributed by atoms with Crippen molar-refractivity contribution < 1.29 is 14.3 Å². The molecule has 24 heavy (non-hydrogen) atoms. The Bertz CT molecular complexity index is 695. The number of hydrogen-bond acceptors (Lipinski definition) is 3. The third kappa shape index (κ3) is 4.51. The maximum Gasteiger partial charge on any atom is 0.261 e. The molecular formula is C20H25NO3. The average molecular weight is 327 g/mol. The summed E-state index contributed by atoms with van der Waals surface area (Å²) in [5.74, 6) is 1.25. The fourth-order valence-electron chi connectivity index (χ4n) is 2.55. The van der Waals surface area contributed by atoms with Crippen molar-refractivity contribution in [3.63, 3.8) is 0 Å². The van der Waals surface area contributed by atoms with Crippen LogP contribution in [0.3, 0.4) is 0 Å². The summed E-state index contributed by atoms with van der Waals surface area (Å²) in [6, 6.07) is 13.4. The summed E-state index contributed by atoms with van der Waals surface area (Å²) in [5, 5.41) is 3.02. The van der Waals surface area contributed by atoms with Crippen LogP contribution in [-0.2, 0) is 4.79 Å². The van der Waals surface area contributed by atoms with Gasteiger partial charge in [-0.05, 0) is 63.1 Å². The highest BCUT2D eigenvalue weighted by Gasteiger charge is 2.18. The molecule has 0 aliphatic heterocycles. The number of carbonyl (C=O) groups is 1. The van der Waals surface area contributed by atoms with Crippen LogP contribution >= 0.6 is 0 Å². The van der Waals surface area contributed by atoms with E-state index in [0.717, 1.165) is 16.9 Å². The maximum absolute atomic E-state index is 12.4. The number of methoxy groups -OCH3 is 1. The van der Waals surface area contributed by atoms with Gasteiger partial charge in [0.15, 0.2) is 6.10 Å². The van der Waals surface area contributed by atoms with Gasteiger partial charge in [0.05, 0.1) is 13.2 Å². The van der Waals surface area contributed by atoms with Gasteiger partial charge >= 0.3 is 0 Å². The molecular weight excluding hydrogens is 302 g/mol. The van der Waals surface area contributed by atoms with E-state index in [4.69, 9.17) is 9.47 Å². The molecule has 0 aliphatic carbocycles. The van der Waals surface area contributed by atoms with E-state index in [0.29, 0.717) is 5.75 Å². The molecule has 2 aromatic carbocycles. The van der Waals surface area contributed by atoms with Gasteiger partial charge in [-0.2, -0.15) is 0 Å². The summed E-state index contributed by atoms with van der Waals surface area (Å²) >= 11 is 0. The summed E-state index contributed by atoms with van der Waals surface area (Å²) in [6.07, 6.45) is -0.578. The molecule has 4 heteroatoms. The Balaban J connectivity index is 1.98. The lowest BCUT2D eigenvalue weighted by molar-refractivity contribution is -0.127. The number of rotatable bonds is 6. The van der Waals surface area contributed by atoms with Gasteiger partial charge in [0.1, 0.15) is 11.5 Å². The largest absolute Gasteiger partial charge is 0.497 e. The van der Waals surface area contributed by atoms with Gasteiger partial charge in [-0.1, -0.05) is 23.8 Å². The standard InChI is InChI=1S/C20H25NO3/c1-13-6-7-14(2)19(12-13)15(3)21-20(22)16(4)24-18-10-8-17(23-5)9-11-18/h6-12,15-16H,1-5H3,(H,21,22)/t15-,16-/m0/s1. The Morgan fingerprint density at radius 3 is 2.25 bits per heavy atom. The molecule has 0 radical (unpaired) electrons. The Morgan fingerprint density at radius 1 is 1.00 bits per heavy atom. The van der Waals surface area contributed by atoms with Crippen molar-refractivity contribution in [1.82, 2.24) is 5.32 Å². The van der Waals surface area contributed by atoms with E-state index < -0.39 is 6.10 Å². The number of ether oxygens (including phenoxy) is 2. The summed E-state index contributed by atoms with van der Waals surface area (Å²) in [6.45, 7) is 7.83. The van der Waals surface area contributed by atoms with Gasteiger partial charge in [0.2, 0.25) is 0 Å². The Morgan fingerprint density at radius 2 is 1.62 bits per heavy atom. The summed E-state index contributed by atoms with van der Waals surface area (Å²) in [5.41, 5.74) is 3.47. The lowest BCUT2D eigenvalue weighted by Gasteiger charge is -2.20. The molecule has 0 heterocycles. The third-order valence-corrected chi connectivity index (χ3v) is 4.00. The van der Waals surface area contributed by atoms with Gasteiger partial charge in [-0.15, -0.1) is 0 Å². The Hall–Kier alpha value is -2.49. The Labute approximate surface area is 143 Å².